The number of aromatic nitrogens is 2. The van der Waals surface area contributed by atoms with Gasteiger partial charge in [-0.05, 0) is 5.92 Å². The molecule has 0 bridgehead atoms. The van der Waals surface area contributed by atoms with E-state index in [9.17, 15) is 8.42 Å². The molecule has 0 unspecified atom stereocenters. The van der Waals surface area contributed by atoms with Gasteiger partial charge in [0, 0.05) is 17.7 Å². The van der Waals surface area contributed by atoms with Gasteiger partial charge in [0.15, 0.2) is 5.03 Å². The Bertz CT molecular complexity index is 408. The van der Waals surface area contributed by atoms with Crippen molar-refractivity contribution in [2.45, 2.75) is 24.8 Å². The van der Waals surface area contributed by atoms with Crippen molar-refractivity contribution in [2.24, 2.45) is 7.05 Å². The summed E-state index contributed by atoms with van der Waals surface area (Å²) in [6, 6.07) is 0. The first-order valence-corrected chi connectivity index (χ1v) is 6.11. The van der Waals surface area contributed by atoms with Crippen molar-refractivity contribution in [2.75, 3.05) is 0 Å². The fourth-order valence-electron chi connectivity index (χ4n) is 1.26. The molecule has 13 heavy (non-hydrogen) atoms. The second kappa shape index (κ2) is 3.31. The second-order valence-electron chi connectivity index (χ2n) is 3.14. The van der Waals surface area contributed by atoms with Crippen molar-refractivity contribution in [1.82, 2.24) is 9.55 Å². The molecular weight excluding hydrogens is 212 g/mol. The van der Waals surface area contributed by atoms with E-state index in [1.54, 1.807) is 11.6 Å². The van der Waals surface area contributed by atoms with Crippen molar-refractivity contribution in [3.05, 3.63) is 12.0 Å². The fraction of sp³-hybridized carbons (Fsp3) is 0.571. The van der Waals surface area contributed by atoms with Gasteiger partial charge < -0.3 is 4.57 Å². The maximum Gasteiger partial charge on any atom is 0.280 e. The molecule has 0 saturated heterocycles. The van der Waals surface area contributed by atoms with Crippen LogP contribution in [0.3, 0.4) is 0 Å². The number of nitrogens with zero attached hydrogens (tertiary/aromatic N) is 2. The van der Waals surface area contributed by atoms with E-state index >= 15 is 0 Å². The second-order valence-corrected chi connectivity index (χ2v) is 5.62. The Morgan fingerprint density at radius 1 is 1.54 bits per heavy atom. The van der Waals surface area contributed by atoms with E-state index in [1.807, 2.05) is 13.8 Å². The van der Waals surface area contributed by atoms with Gasteiger partial charge in [-0.2, -0.15) is 0 Å². The zero-order valence-electron chi connectivity index (χ0n) is 7.65. The zero-order chi connectivity index (χ0) is 10.2. The molecule has 0 aliphatic heterocycles. The number of rotatable bonds is 2. The molecule has 0 atom stereocenters. The first kappa shape index (κ1) is 10.5. The lowest BCUT2D eigenvalue weighted by molar-refractivity contribution is 0.602. The van der Waals surface area contributed by atoms with Gasteiger partial charge in [0.2, 0.25) is 0 Å². The maximum absolute atomic E-state index is 11.1. The third kappa shape index (κ3) is 2.03. The Hall–Kier alpha value is -0.550. The Balaban J connectivity index is 3.40. The molecule has 0 aliphatic carbocycles. The molecule has 1 aromatic heterocycles. The Morgan fingerprint density at radius 2 is 2.08 bits per heavy atom. The van der Waals surface area contributed by atoms with Gasteiger partial charge in [0.1, 0.15) is 0 Å². The van der Waals surface area contributed by atoms with Gasteiger partial charge in [-0.3, -0.25) is 0 Å². The van der Waals surface area contributed by atoms with Crippen LogP contribution in [0, 0.1) is 0 Å². The lowest BCUT2D eigenvalue weighted by Gasteiger charge is -2.06. The molecule has 0 saturated carbocycles. The normalized spacial score (nSPS) is 12.4. The smallest absolute Gasteiger partial charge is 0.280 e. The number of aryl methyl sites for hydroxylation is 1. The minimum absolute atomic E-state index is 0.0355. The quantitative estimate of drug-likeness (QED) is 0.713. The minimum atomic E-state index is -3.72. The van der Waals surface area contributed by atoms with Crippen molar-refractivity contribution in [3.8, 4) is 0 Å². The molecule has 0 fully saturated rings. The molecule has 1 rings (SSSR count). The summed E-state index contributed by atoms with van der Waals surface area (Å²) in [6.07, 6.45) is 1.45. The fourth-order valence-corrected chi connectivity index (χ4v) is 2.42. The van der Waals surface area contributed by atoms with E-state index in [1.165, 1.54) is 6.33 Å². The van der Waals surface area contributed by atoms with Crippen molar-refractivity contribution in [1.29, 1.82) is 0 Å². The molecule has 1 aromatic rings. The molecule has 6 heteroatoms. The van der Waals surface area contributed by atoms with E-state index in [-0.39, 0.29) is 10.9 Å². The van der Waals surface area contributed by atoms with Gasteiger partial charge in [0.05, 0.1) is 12.0 Å². The molecule has 0 aliphatic rings. The molecule has 0 aromatic carbocycles. The molecule has 1 heterocycles. The summed E-state index contributed by atoms with van der Waals surface area (Å²) in [4.78, 5) is 3.75. The Kier molecular flexibility index (Phi) is 2.68. The highest BCUT2D eigenvalue weighted by atomic mass is 35.7. The first-order chi connectivity index (χ1) is 5.84. The van der Waals surface area contributed by atoms with Crippen LogP contribution in [0.15, 0.2) is 11.4 Å². The number of hydrogen-bond donors (Lipinski definition) is 0. The first-order valence-electron chi connectivity index (χ1n) is 3.80. The minimum Gasteiger partial charge on any atom is -0.336 e. The van der Waals surface area contributed by atoms with Crippen LogP contribution in [0.1, 0.15) is 25.5 Å². The van der Waals surface area contributed by atoms with Crippen LogP contribution in [-0.4, -0.2) is 18.0 Å². The lowest BCUT2D eigenvalue weighted by atomic mass is 10.1. The van der Waals surface area contributed by atoms with Gasteiger partial charge in [-0.25, -0.2) is 13.4 Å². The van der Waals surface area contributed by atoms with Crippen LogP contribution in [-0.2, 0) is 16.1 Å². The van der Waals surface area contributed by atoms with E-state index in [4.69, 9.17) is 10.7 Å². The van der Waals surface area contributed by atoms with Gasteiger partial charge in [-0.1, -0.05) is 13.8 Å². The number of halogens is 1. The molecule has 0 spiro atoms. The highest BCUT2D eigenvalue weighted by Crippen LogP contribution is 2.24. The Labute approximate surface area is 82.0 Å². The third-order valence-corrected chi connectivity index (χ3v) is 2.94. The molecular formula is C7H11ClN2O2S. The Morgan fingerprint density at radius 3 is 2.38 bits per heavy atom. The van der Waals surface area contributed by atoms with E-state index in [0.717, 1.165) is 0 Å². The topological polar surface area (TPSA) is 52.0 Å². The van der Waals surface area contributed by atoms with Crippen LogP contribution < -0.4 is 0 Å². The van der Waals surface area contributed by atoms with E-state index in [2.05, 4.69) is 4.98 Å². The third-order valence-electron chi connectivity index (χ3n) is 1.73. The van der Waals surface area contributed by atoms with Crippen LogP contribution in [0.2, 0.25) is 0 Å². The summed E-state index contributed by atoms with van der Waals surface area (Å²) in [5.41, 5.74) is 0.634. The van der Waals surface area contributed by atoms with Crippen molar-refractivity contribution in [3.63, 3.8) is 0 Å². The van der Waals surface area contributed by atoms with Crippen LogP contribution in [0.5, 0.6) is 0 Å². The van der Waals surface area contributed by atoms with E-state index < -0.39 is 9.05 Å². The molecule has 74 valence electrons. The summed E-state index contributed by atoms with van der Waals surface area (Å²) in [7, 11) is 3.24. The SMILES string of the molecule is CC(C)c1c(S(=O)(=O)Cl)ncn1C. The highest BCUT2D eigenvalue weighted by Gasteiger charge is 2.22. The largest absolute Gasteiger partial charge is 0.336 e. The van der Waals surface area contributed by atoms with Gasteiger partial charge in [0.25, 0.3) is 9.05 Å². The molecule has 0 N–H and O–H groups in total. The maximum atomic E-state index is 11.1. The summed E-state index contributed by atoms with van der Waals surface area (Å²) >= 11 is 0. The zero-order valence-corrected chi connectivity index (χ0v) is 9.22. The summed E-state index contributed by atoms with van der Waals surface area (Å²) < 4.78 is 23.8. The number of hydrogen-bond acceptors (Lipinski definition) is 3. The van der Waals surface area contributed by atoms with Crippen LogP contribution in [0.25, 0.3) is 0 Å². The standard InChI is InChI=1S/C7H11ClN2O2S/c1-5(2)6-7(13(8,11)12)9-4-10(6)3/h4-5H,1-3H3. The molecule has 0 radical (unpaired) electrons. The van der Waals surface area contributed by atoms with Crippen molar-refractivity contribution < 1.29 is 8.42 Å². The summed E-state index contributed by atoms with van der Waals surface area (Å²) in [6.45, 7) is 3.78. The summed E-state index contributed by atoms with van der Waals surface area (Å²) in [5, 5.41) is -0.0355. The molecule has 0 amide bonds. The molecule has 4 nitrogen and oxygen atoms in total. The lowest BCUT2D eigenvalue weighted by Crippen LogP contribution is -2.03. The predicted octanol–water partition coefficient (Wildman–Crippen LogP) is 1.47. The average Bonchev–Trinajstić information content (AvgIpc) is 2.28. The average molecular weight is 223 g/mol. The summed E-state index contributed by atoms with van der Waals surface area (Å²) in [5.74, 6) is 0.0797. The van der Waals surface area contributed by atoms with Gasteiger partial charge in [-0.15, -0.1) is 0 Å². The number of imidazole rings is 1. The van der Waals surface area contributed by atoms with Crippen LogP contribution >= 0.6 is 10.7 Å². The van der Waals surface area contributed by atoms with E-state index in [0.29, 0.717) is 5.69 Å². The predicted molar refractivity (Wildman–Crippen MR) is 50.3 cm³/mol. The van der Waals surface area contributed by atoms with Crippen molar-refractivity contribution >= 4 is 19.7 Å². The highest BCUT2D eigenvalue weighted by molar-refractivity contribution is 8.13. The van der Waals surface area contributed by atoms with Crippen LogP contribution in [0.4, 0.5) is 0 Å². The van der Waals surface area contributed by atoms with Gasteiger partial charge >= 0.3 is 0 Å². The monoisotopic (exact) mass is 222 g/mol.